The van der Waals surface area contributed by atoms with Gasteiger partial charge < -0.3 is 9.30 Å². The number of nitrogens with one attached hydrogen (secondary N) is 1. The number of aryl methyl sites for hydroxylation is 2. The van der Waals surface area contributed by atoms with E-state index in [0.29, 0.717) is 33.4 Å². The van der Waals surface area contributed by atoms with Gasteiger partial charge in [0.25, 0.3) is 15.6 Å². The van der Waals surface area contributed by atoms with Crippen molar-refractivity contribution >= 4 is 36.7 Å². The van der Waals surface area contributed by atoms with Crippen LogP contribution in [0, 0.1) is 12.8 Å². The summed E-state index contributed by atoms with van der Waals surface area (Å²) in [6.07, 6.45) is 2.37. The van der Waals surface area contributed by atoms with Gasteiger partial charge in [0.1, 0.15) is 11.3 Å². The van der Waals surface area contributed by atoms with E-state index in [-0.39, 0.29) is 40.8 Å². The minimum absolute atomic E-state index is 0.0179. The summed E-state index contributed by atoms with van der Waals surface area (Å²) in [5.41, 5.74) is 2.58. The number of rotatable bonds is 8. The van der Waals surface area contributed by atoms with Crippen LogP contribution in [0.15, 0.2) is 64.5 Å². The largest absolute Gasteiger partial charge is 0.481 e. The first-order valence-electron chi connectivity index (χ1n) is 13.6. The average Bonchev–Trinajstić information content (AvgIpc) is 3.40. The van der Waals surface area contributed by atoms with Crippen LogP contribution in [-0.2, 0) is 44.9 Å². The smallest absolute Gasteiger partial charge is 0.275 e. The molecule has 0 bridgehead atoms. The molecule has 0 saturated heterocycles. The van der Waals surface area contributed by atoms with Crippen LogP contribution >= 0.6 is 0 Å². The molecule has 1 aliphatic rings. The Morgan fingerprint density at radius 1 is 1.02 bits per heavy atom. The van der Waals surface area contributed by atoms with Gasteiger partial charge in [-0.3, -0.25) is 9.59 Å². The molecule has 1 atom stereocenters. The van der Waals surface area contributed by atoms with E-state index in [2.05, 4.69) is 4.72 Å². The van der Waals surface area contributed by atoms with E-state index >= 15 is 0 Å². The second-order valence-electron chi connectivity index (χ2n) is 10.9. The van der Waals surface area contributed by atoms with Gasteiger partial charge >= 0.3 is 0 Å². The fraction of sp³-hybridized carbons (Fsp3) is 0.333. The van der Waals surface area contributed by atoms with Crippen molar-refractivity contribution in [3.05, 3.63) is 81.9 Å². The van der Waals surface area contributed by atoms with Crippen molar-refractivity contribution in [2.45, 2.75) is 51.7 Å². The van der Waals surface area contributed by atoms with Gasteiger partial charge in [0.15, 0.2) is 11.9 Å². The number of nitrogens with zero attached hydrogens (tertiary/aromatic N) is 2. The number of hydrogen-bond acceptors (Lipinski definition) is 7. The van der Waals surface area contributed by atoms with Gasteiger partial charge in [-0.25, -0.2) is 25.5 Å². The molecule has 0 amide bonds. The van der Waals surface area contributed by atoms with Gasteiger partial charge in [-0.1, -0.05) is 37.6 Å². The summed E-state index contributed by atoms with van der Waals surface area (Å²) in [6.45, 7) is 7.15. The van der Waals surface area contributed by atoms with Crippen molar-refractivity contribution < 1.29 is 26.4 Å². The zero-order valence-corrected chi connectivity index (χ0v) is 25.7. The molecule has 1 N–H and O–H groups in total. The maximum Gasteiger partial charge on any atom is 0.275 e. The Kier molecular flexibility index (Phi) is 7.67. The van der Waals surface area contributed by atoms with Crippen molar-refractivity contribution in [1.29, 1.82) is 0 Å². The standard InChI is InChI=1S/C30H33N3O7S2/c1-6-41(36,37)31-16-20-13-21-15-26(34)28(18(2)3)40-29(21)24(14-20)25-17-32(5)30(35)27-23(25)11-12-33(27)42(38,39)22-9-7-19(4)8-10-22/h7-14,17-18,28,31H,6,15-16H2,1-5H3. The van der Waals surface area contributed by atoms with Crippen molar-refractivity contribution in [1.82, 2.24) is 13.3 Å². The van der Waals surface area contributed by atoms with Crippen molar-refractivity contribution in [3.8, 4) is 16.9 Å². The molecule has 42 heavy (non-hydrogen) atoms. The van der Waals surface area contributed by atoms with E-state index in [9.17, 15) is 26.4 Å². The fourth-order valence-electron chi connectivity index (χ4n) is 5.18. The third-order valence-corrected chi connectivity index (χ3v) is 10.5. The number of pyridine rings is 1. The van der Waals surface area contributed by atoms with Crippen LogP contribution in [0.2, 0.25) is 0 Å². The molecule has 0 saturated carbocycles. The second kappa shape index (κ2) is 10.8. The second-order valence-corrected chi connectivity index (χ2v) is 14.8. The summed E-state index contributed by atoms with van der Waals surface area (Å²) in [5, 5.41) is 0.379. The highest BCUT2D eigenvalue weighted by atomic mass is 32.2. The van der Waals surface area contributed by atoms with Crippen LogP contribution in [-0.4, -0.2) is 43.0 Å². The molecule has 1 aliphatic heterocycles. The van der Waals surface area contributed by atoms with Crippen LogP contribution in [0.25, 0.3) is 22.0 Å². The Bertz CT molecular complexity index is 1990. The van der Waals surface area contributed by atoms with E-state index in [1.165, 1.54) is 36.9 Å². The molecule has 2 aromatic heterocycles. The first-order valence-corrected chi connectivity index (χ1v) is 16.7. The third-order valence-electron chi connectivity index (χ3n) is 7.49. The normalized spacial score (nSPS) is 15.7. The molecule has 0 fully saturated rings. The summed E-state index contributed by atoms with van der Waals surface area (Å²) < 4.78 is 62.9. The lowest BCUT2D eigenvalue weighted by Crippen LogP contribution is -2.37. The SMILES string of the molecule is CCS(=O)(=O)NCc1cc2c(c(-c3cn(C)c(=O)c4c3ccn4S(=O)(=O)c3ccc(C)cc3)c1)OC(C(C)C)C(=O)C2. The van der Waals surface area contributed by atoms with Gasteiger partial charge in [-0.05, 0) is 49.6 Å². The first kappa shape index (κ1) is 29.7. The molecule has 0 radical (unpaired) electrons. The summed E-state index contributed by atoms with van der Waals surface area (Å²) in [6, 6.07) is 11.5. The number of aromatic nitrogens is 2. The van der Waals surface area contributed by atoms with Crippen LogP contribution in [0.1, 0.15) is 37.5 Å². The molecule has 1 unspecified atom stereocenters. The Hall–Kier alpha value is -3.74. The molecule has 4 aromatic rings. The zero-order chi connectivity index (χ0) is 30.6. The zero-order valence-electron chi connectivity index (χ0n) is 24.0. The monoisotopic (exact) mass is 611 g/mol. The lowest BCUT2D eigenvalue weighted by atomic mass is 9.89. The van der Waals surface area contributed by atoms with E-state index in [4.69, 9.17) is 4.74 Å². The number of ether oxygens (including phenoxy) is 1. The quantitative estimate of drug-likeness (QED) is 0.322. The summed E-state index contributed by atoms with van der Waals surface area (Å²) in [7, 11) is -6.07. The minimum atomic E-state index is -4.11. The molecule has 12 heteroatoms. The van der Waals surface area contributed by atoms with Gasteiger partial charge in [-0.15, -0.1) is 0 Å². The summed E-state index contributed by atoms with van der Waals surface area (Å²) >= 11 is 0. The predicted octanol–water partition coefficient (Wildman–Crippen LogP) is 3.52. The van der Waals surface area contributed by atoms with Crippen LogP contribution < -0.4 is 15.0 Å². The number of carbonyl (C=O) groups excluding carboxylic acids is 1. The number of ketones is 1. The van der Waals surface area contributed by atoms with E-state index in [0.717, 1.165) is 9.54 Å². The molecule has 222 valence electrons. The van der Waals surface area contributed by atoms with Crippen molar-refractivity contribution in [2.24, 2.45) is 13.0 Å². The van der Waals surface area contributed by atoms with E-state index in [1.807, 2.05) is 20.8 Å². The first-order chi connectivity index (χ1) is 19.7. The van der Waals surface area contributed by atoms with Crippen LogP contribution in [0.5, 0.6) is 5.75 Å². The molecule has 2 aromatic carbocycles. The molecule has 0 aliphatic carbocycles. The number of sulfonamides is 1. The van der Waals surface area contributed by atoms with E-state index in [1.54, 1.807) is 36.5 Å². The lowest BCUT2D eigenvalue weighted by Gasteiger charge is -2.30. The van der Waals surface area contributed by atoms with E-state index < -0.39 is 31.7 Å². The average molecular weight is 612 g/mol. The molecular weight excluding hydrogens is 578 g/mol. The van der Waals surface area contributed by atoms with Gasteiger partial charge in [0.05, 0.1) is 10.6 Å². The molecule has 10 nitrogen and oxygen atoms in total. The molecule has 0 spiro atoms. The Balaban J connectivity index is 1.76. The number of Topliss-reactive ketones (excluding diaryl/α,β-unsaturated/α-hetero) is 1. The molecule has 3 heterocycles. The number of carbonyl (C=O) groups is 1. The van der Waals surface area contributed by atoms with Crippen LogP contribution in [0.4, 0.5) is 0 Å². The summed E-state index contributed by atoms with van der Waals surface area (Å²) in [4.78, 5) is 26.4. The number of benzene rings is 2. The lowest BCUT2D eigenvalue weighted by molar-refractivity contribution is -0.128. The van der Waals surface area contributed by atoms with Crippen LogP contribution in [0.3, 0.4) is 0 Å². The maximum atomic E-state index is 13.7. The highest BCUT2D eigenvalue weighted by molar-refractivity contribution is 7.90. The Morgan fingerprint density at radius 2 is 1.71 bits per heavy atom. The number of fused-ring (bicyclic) bond motifs is 2. The molecular formula is C30H33N3O7S2. The highest BCUT2D eigenvalue weighted by Gasteiger charge is 2.33. The summed E-state index contributed by atoms with van der Waals surface area (Å²) in [5.74, 6) is 0.169. The highest BCUT2D eigenvalue weighted by Crippen LogP contribution is 2.42. The predicted molar refractivity (Wildman–Crippen MR) is 161 cm³/mol. The molecule has 5 rings (SSSR count). The van der Waals surface area contributed by atoms with Gasteiger partial charge in [-0.2, -0.15) is 0 Å². The number of hydrogen-bond donors (Lipinski definition) is 1. The fourth-order valence-corrected chi connectivity index (χ4v) is 7.12. The third kappa shape index (κ3) is 5.30. The maximum absolute atomic E-state index is 13.7. The Morgan fingerprint density at radius 3 is 2.36 bits per heavy atom. The topological polar surface area (TPSA) is 134 Å². The van der Waals surface area contributed by atoms with Gasteiger partial charge in [0.2, 0.25) is 10.0 Å². The minimum Gasteiger partial charge on any atom is -0.481 e. The van der Waals surface area contributed by atoms with Crippen molar-refractivity contribution in [2.75, 3.05) is 5.75 Å². The van der Waals surface area contributed by atoms with Gasteiger partial charge in [0, 0.05) is 54.5 Å². The van der Waals surface area contributed by atoms with Crippen molar-refractivity contribution in [3.63, 3.8) is 0 Å². The Labute approximate surface area is 245 Å².